The molecule has 4 rings (SSSR count). The lowest BCUT2D eigenvalue weighted by Gasteiger charge is -2.46. The SMILES string of the molecule is C[C@@]12CCCC[C@]13N=N[C@@]2(C)[C@@H]1CCC[C@@H]13. The highest BCUT2D eigenvalue weighted by Crippen LogP contribution is 2.74. The van der Waals surface area contributed by atoms with Crippen LogP contribution >= 0.6 is 0 Å². The summed E-state index contributed by atoms with van der Waals surface area (Å²) in [6.07, 6.45) is 9.74. The van der Waals surface area contributed by atoms with Crippen LogP contribution in [-0.4, -0.2) is 11.1 Å². The number of rotatable bonds is 0. The van der Waals surface area contributed by atoms with Crippen LogP contribution in [0.4, 0.5) is 0 Å². The van der Waals surface area contributed by atoms with E-state index in [0.717, 1.165) is 11.8 Å². The summed E-state index contributed by atoms with van der Waals surface area (Å²) in [5, 5.41) is 9.68. The lowest BCUT2D eigenvalue weighted by atomic mass is 9.58. The Balaban J connectivity index is 1.93. The minimum Gasteiger partial charge on any atom is -0.186 e. The lowest BCUT2D eigenvalue weighted by molar-refractivity contribution is 0.0747. The van der Waals surface area contributed by atoms with Gasteiger partial charge in [-0.15, -0.1) is 0 Å². The molecule has 16 heavy (non-hydrogen) atoms. The second-order valence-corrected chi connectivity index (χ2v) is 6.95. The maximum absolute atomic E-state index is 4.87. The van der Waals surface area contributed by atoms with Gasteiger partial charge < -0.3 is 0 Å². The molecule has 3 fully saturated rings. The van der Waals surface area contributed by atoms with Crippen molar-refractivity contribution in [2.75, 3.05) is 0 Å². The summed E-state index contributed by atoms with van der Waals surface area (Å²) < 4.78 is 0. The van der Waals surface area contributed by atoms with E-state index < -0.39 is 0 Å². The number of nitrogens with zero attached hydrogens (tertiary/aromatic N) is 2. The van der Waals surface area contributed by atoms with Gasteiger partial charge in [-0.1, -0.05) is 26.2 Å². The summed E-state index contributed by atoms with van der Waals surface area (Å²) in [5.74, 6) is 1.73. The van der Waals surface area contributed by atoms with Crippen molar-refractivity contribution in [2.45, 2.75) is 69.9 Å². The Bertz CT molecular complexity index is 377. The molecule has 1 aliphatic heterocycles. The third-order valence-electron chi connectivity index (χ3n) is 6.84. The van der Waals surface area contributed by atoms with Crippen LogP contribution in [0, 0.1) is 17.3 Å². The fourth-order valence-corrected chi connectivity index (χ4v) is 5.88. The number of hydrogen-bond donors (Lipinski definition) is 0. The monoisotopic (exact) mass is 218 g/mol. The standard InChI is InChI=1S/C14H22N2/c1-12-8-3-4-9-14(12)11-7-5-6-10(11)13(12,2)15-16-14/h10-11H,3-9H2,1-2H3/t10-,11+,12+,13+,14-/m1/s1. The molecule has 0 amide bonds. The van der Waals surface area contributed by atoms with Crippen molar-refractivity contribution >= 4 is 0 Å². The van der Waals surface area contributed by atoms with Crippen molar-refractivity contribution in [3.63, 3.8) is 0 Å². The Kier molecular flexibility index (Phi) is 1.53. The van der Waals surface area contributed by atoms with Gasteiger partial charge >= 0.3 is 0 Å². The first-order chi connectivity index (χ1) is 7.64. The van der Waals surface area contributed by atoms with E-state index in [2.05, 4.69) is 13.8 Å². The number of fused-ring (bicyclic) bond motifs is 2. The topological polar surface area (TPSA) is 24.7 Å². The minimum absolute atomic E-state index is 0.189. The summed E-state index contributed by atoms with van der Waals surface area (Å²) >= 11 is 0. The van der Waals surface area contributed by atoms with Crippen LogP contribution in [0.5, 0.6) is 0 Å². The van der Waals surface area contributed by atoms with Crippen molar-refractivity contribution in [3.8, 4) is 0 Å². The number of azo groups is 1. The Labute approximate surface area is 97.9 Å². The van der Waals surface area contributed by atoms with Crippen LogP contribution in [0.1, 0.15) is 58.8 Å². The van der Waals surface area contributed by atoms with Crippen molar-refractivity contribution in [2.24, 2.45) is 27.5 Å². The van der Waals surface area contributed by atoms with Gasteiger partial charge in [0.1, 0.15) is 0 Å². The first kappa shape index (κ1) is 9.61. The highest BCUT2D eigenvalue weighted by atomic mass is 15.3. The molecule has 4 aliphatic rings. The van der Waals surface area contributed by atoms with Gasteiger partial charge in [0, 0.05) is 5.41 Å². The van der Waals surface area contributed by atoms with Gasteiger partial charge in [0.2, 0.25) is 0 Å². The Morgan fingerprint density at radius 3 is 2.50 bits per heavy atom. The summed E-state index contributed by atoms with van der Waals surface area (Å²) in [4.78, 5) is 0. The highest BCUT2D eigenvalue weighted by Gasteiger charge is 2.76. The Morgan fingerprint density at radius 2 is 1.62 bits per heavy atom. The van der Waals surface area contributed by atoms with Gasteiger partial charge in [-0.25, -0.2) is 0 Å². The summed E-state index contributed by atoms with van der Waals surface area (Å²) in [5.41, 5.74) is 0.851. The Morgan fingerprint density at radius 1 is 0.875 bits per heavy atom. The summed E-state index contributed by atoms with van der Waals surface area (Å²) in [6, 6.07) is 0. The van der Waals surface area contributed by atoms with E-state index >= 15 is 0 Å². The maximum atomic E-state index is 4.87. The van der Waals surface area contributed by atoms with E-state index in [1.165, 1.54) is 44.9 Å². The van der Waals surface area contributed by atoms with Crippen LogP contribution in [0.3, 0.4) is 0 Å². The van der Waals surface area contributed by atoms with Gasteiger partial charge in [-0.2, -0.15) is 10.2 Å². The zero-order valence-corrected chi connectivity index (χ0v) is 10.5. The zero-order valence-electron chi connectivity index (χ0n) is 10.5. The molecule has 0 saturated heterocycles. The zero-order chi connectivity index (χ0) is 11.0. The predicted octanol–water partition coefficient (Wildman–Crippen LogP) is 3.96. The average molecular weight is 218 g/mol. The van der Waals surface area contributed by atoms with Crippen LogP contribution in [0.15, 0.2) is 10.2 Å². The lowest BCUT2D eigenvalue weighted by Crippen LogP contribution is -2.50. The molecule has 5 atom stereocenters. The fraction of sp³-hybridized carbons (Fsp3) is 1.00. The van der Waals surface area contributed by atoms with E-state index in [4.69, 9.17) is 10.2 Å². The van der Waals surface area contributed by atoms with E-state index in [-0.39, 0.29) is 11.1 Å². The quantitative estimate of drug-likeness (QED) is 0.588. The molecular weight excluding hydrogens is 196 g/mol. The molecule has 3 saturated carbocycles. The van der Waals surface area contributed by atoms with E-state index in [1.807, 2.05) is 0 Å². The molecule has 3 aliphatic carbocycles. The molecule has 1 heterocycles. The largest absolute Gasteiger partial charge is 0.186 e. The van der Waals surface area contributed by atoms with Crippen molar-refractivity contribution in [3.05, 3.63) is 0 Å². The average Bonchev–Trinajstić information content (AvgIpc) is 2.87. The van der Waals surface area contributed by atoms with Gasteiger partial charge in [-0.05, 0) is 44.4 Å². The van der Waals surface area contributed by atoms with Crippen LogP contribution in [0.25, 0.3) is 0 Å². The normalized spacial score (nSPS) is 62.4. The highest BCUT2D eigenvalue weighted by molar-refractivity contribution is 5.30. The van der Waals surface area contributed by atoms with Gasteiger partial charge in [0.25, 0.3) is 0 Å². The second kappa shape index (κ2) is 2.54. The summed E-state index contributed by atoms with van der Waals surface area (Å²) in [6.45, 7) is 4.92. The molecule has 0 N–H and O–H groups in total. The Hall–Kier alpha value is -0.400. The molecule has 0 aromatic heterocycles. The molecule has 0 spiro atoms. The number of hydrogen-bond acceptors (Lipinski definition) is 2. The molecule has 0 aromatic rings. The smallest absolute Gasteiger partial charge is 0.0924 e. The van der Waals surface area contributed by atoms with Gasteiger partial charge in [0.05, 0.1) is 11.1 Å². The third-order valence-corrected chi connectivity index (χ3v) is 6.84. The molecule has 2 bridgehead atoms. The molecule has 2 nitrogen and oxygen atoms in total. The van der Waals surface area contributed by atoms with Crippen molar-refractivity contribution in [1.82, 2.24) is 0 Å². The summed E-state index contributed by atoms with van der Waals surface area (Å²) in [7, 11) is 0. The second-order valence-electron chi connectivity index (χ2n) is 6.95. The van der Waals surface area contributed by atoms with Crippen LogP contribution < -0.4 is 0 Å². The van der Waals surface area contributed by atoms with Gasteiger partial charge in [-0.3, -0.25) is 0 Å². The van der Waals surface area contributed by atoms with Crippen molar-refractivity contribution in [1.29, 1.82) is 0 Å². The fourth-order valence-electron chi connectivity index (χ4n) is 5.88. The maximum Gasteiger partial charge on any atom is 0.0924 e. The molecule has 2 heteroatoms. The first-order valence-electron chi connectivity index (χ1n) is 7.08. The third kappa shape index (κ3) is 0.698. The van der Waals surface area contributed by atoms with Gasteiger partial charge in [0.15, 0.2) is 0 Å². The van der Waals surface area contributed by atoms with E-state index in [0.29, 0.717) is 5.41 Å². The van der Waals surface area contributed by atoms with E-state index in [1.54, 1.807) is 0 Å². The molecule has 88 valence electrons. The van der Waals surface area contributed by atoms with E-state index in [9.17, 15) is 0 Å². The molecule has 0 aromatic carbocycles. The van der Waals surface area contributed by atoms with Crippen LogP contribution in [-0.2, 0) is 0 Å². The molecular formula is C14H22N2. The molecule has 0 unspecified atom stereocenters. The first-order valence-corrected chi connectivity index (χ1v) is 7.08. The minimum atomic E-state index is 0.189. The predicted molar refractivity (Wildman–Crippen MR) is 63.4 cm³/mol. The molecule has 0 radical (unpaired) electrons. The van der Waals surface area contributed by atoms with Crippen LogP contribution in [0.2, 0.25) is 0 Å². The van der Waals surface area contributed by atoms with Crippen molar-refractivity contribution < 1.29 is 0 Å².